The Kier molecular flexibility index (Phi) is 6.91. The maximum Gasteiger partial charge on any atom is 0.315 e. The summed E-state index contributed by atoms with van der Waals surface area (Å²) in [5.74, 6) is 0.412. The van der Waals surface area contributed by atoms with Gasteiger partial charge in [-0.25, -0.2) is 0 Å². The molecule has 1 atom stereocenters. The van der Waals surface area contributed by atoms with E-state index in [9.17, 15) is 14.9 Å². The predicted octanol–water partition coefficient (Wildman–Crippen LogP) is 4.04. The minimum absolute atomic E-state index is 0.0466. The lowest BCUT2D eigenvalue weighted by Crippen LogP contribution is -2.49. The van der Waals surface area contributed by atoms with Crippen LogP contribution in [0.3, 0.4) is 0 Å². The first kappa shape index (κ1) is 22.0. The van der Waals surface area contributed by atoms with E-state index in [2.05, 4.69) is 12.2 Å². The van der Waals surface area contributed by atoms with Crippen LogP contribution in [-0.4, -0.2) is 41.0 Å². The molecule has 0 amide bonds. The van der Waals surface area contributed by atoms with Crippen LogP contribution < -0.4 is 14.8 Å². The van der Waals surface area contributed by atoms with Gasteiger partial charge in [-0.15, -0.1) is 0 Å². The van der Waals surface area contributed by atoms with Gasteiger partial charge in [0.25, 0.3) is 0 Å². The van der Waals surface area contributed by atoms with Crippen molar-refractivity contribution in [3.63, 3.8) is 0 Å². The van der Waals surface area contributed by atoms with Crippen molar-refractivity contribution in [2.45, 2.75) is 52.0 Å². The fourth-order valence-electron chi connectivity index (χ4n) is 3.97. The molecule has 9 heteroatoms. The molecule has 0 bridgehead atoms. The highest BCUT2D eigenvalue weighted by molar-refractivity contribution is 7.80. The van der Waals surface area contributed by atoms with E-state index in [0.29, 0.717) is 35.7 Å². The number of ether oxygens (including phenoxy) is 2. The molecule has 1 N–H and O–H groups in total. The van der Waals surface area contributed by atoms with Crippen LogP contribution >= 0.6 is 12.2 Å². The van der Waals surface area contributed by atoms with E-state index >= 15 is 0 Å². The second kappa shape index (κ2) is 9.42. The van der Waals surface area contributed by atoms with Gasteiger partial charge in [0.2, 0.25) is 5.75 Å². The fraction of sp³-hybridized carbons (Fsp3) is 0.524. The monoisotopic (exact) mass is 433 g/mol. The highest BCUT2D eigenvalue weighted by Gasteiger charge is 2.38. The summed E-state index contributed by atoms with van der Waals surface area (Å²) in [5, 5.41) is 15.5. The van der Waals surface area contributed by atoms with Gasteiger partial charge in [-0.1, -0.05) is 13.8 Å². The zero-order valence-electron chi connectivity index (χ0n) is 17.5. The number of nitro groups is 1. The Labute approximate surface area is 181 Å². The Morgan fingerprint density at radius 2 is 2.07 bits per heavy atom. The summed E-state index contributed by atoms with van der Waals surface area (Å²) >= 11 is 5.58. The maximum atomic E-state index is 12.9. The van der Waals surface area contributed by atoms with Gasteiger partial charge in [0.05, 0.1) is 24.7 Å². The van der Waals surface area contributed by atoms with E-state index in [1.54, 1.807) is 6.07 Å². The van der Waals surface area contributed by atoms with Gasteiger partial charge < -0.3 is 19.7 Å². The largest absolute Gasteiger partial charge is 0.493 e. The first-order valence-electron chi connectivity index (χ1n) is 10.3. The molecule has 0 saturated carbocycles. The number of methoxy groups -OCH3 is 1. The van der Waals surface area contributed by atoms with Crippen molar-refractivity contribution >= 4 is 28.8 Å². The minimum Gasteiger partial charge on any atom is -0.493 e. The van der Waals surface area contributed by atoms with Gasteiger partial charge in [0.15, 0.2) is 16.6 Å². The zero-order chi connectivity index (χ0) is 21.8. The quantitative estimate of drug-likeness (QED) is 0.373. The summed E-state index contributed by atoms with van der Waals surface area (Å²) in [7, 11) is 1.44. The standard InChI is InChI=1S/C21H27N3O5S/c1-4-9-23-14-7-6-8-16(25)18(14)19(22-21(23)30)13-11-15(24(26)27)20(29-10-5-2)17(12-13)28-3/h11-12,19H,4-10H2,1-3H3,(H,22,30). The smallest absolute Gasteiger partial charge is 0.315 e. The van der Waals surface area contributed by atoms with Crippen LogP contribution in [0.2, 0.25) is 0 Å². The fourth-order valence-corrected chi connectivity index (χ4v) is 4.29. The summed E-state index contributed by atoms with van der Waals surface area (Å²) in [6.07, 6.45) is 3.59. The predicted molar refractivity (Wildman–Crippen MR) is 117 cm³/mol. The number of rotatable bonds is 8. The molecule has 1 aromatic rings. The maximum absolute atomic E-state index is 12.9. The van der Waals surface area contributed by atoms with Crippen molar-refractivity contribution in [1.29, 1.82) is 0 Å². The van der Waals surface area contributed by atoms with Gasteiger partial charge in [0.1, 0.15) is 0 Å². The number of ketones is 1. The summed E-state index contributed by atoms with van der Waals surface area (Å²) in [4.78, 5) is 26.2. The number of nitrogens with zero attached hydrogens (tertiary/aromatic N) is 2. The summed E-state index contributed by atoms with van der Waals surface area (Å²) in [6.45, 7) is 5.03. The van der Waals surface area contributed by atoms with Gasteiger partial charge in [0, 0.05) is 30.3 Å². The third kappa shape index (κ3) is 4.12. The lowest BCUT2D eigenvalue weighted by atomic mass is 9.84. The Balaban J connectivity index is 2.15. The summed E-state index contributed by atoms with van der Waals surface area (Å²) in [6, 6.07) is 2.59. The van der Waals surface area contributed by atoms with Crippen LogP contribution in [-0.2, 0) is 4.79 Å². The minimum atomic E-state index is -0.554. The molecule has 30 heavy (non-hydrogen) atoms. The highest BCUT2D eigenvalue weighted by Crippen LogP contribution is 2.44. The zero-order valence-corrected chi connectivity index (χ0v) is 18.3. The van der Waals surface area contributed by atoms with Crippen LogP contribution in [0.5, 0.6) is 11.5 Å². The molecule has 0 aromatic heterocycles. The highest BCUT2D eigenvalue weighted by atomic mass is 32.1. The Bertz CT molecular complexity index is 899. The van der Waals surface area contributed by atoms with Gasteiger partial charge >= 0.3 is 5.69 Å². The molecular weight excluding hydrogens is 406 g/mol. The van der Waals surface area contributed by atoms with Crippen molar-refractivity contribution in [3.05, 3.63) is 39.1 Å². The van der Waals surface area contributed by atoms with E-state index in [1.807, 2.05) is 11.8 Å². The molecule has 1 heterocycles. The lowest BCUT2D eigenvalue weighted by Gasteiger charge is -2.41. The van der Waals surface area contributed by atoms with Crippen molar-refractivity contribution in [1.82, 2.24) is 10.2 Å². The molecular formula is C21H27N3O5S. The Hall–Kier alpha value is -2.68. The first-order chi connectivity index (χ1) is 14.4. The third-order valence-corrected chi connectivity index (χ3v) is 5.60. The third-order valence-electron chi connectivity index (χ3n) is 5.26. The number of hydrogen-bond donors (Lipinski definition) is 1. The van der Waals surface area contributed by atoms with Crippen molar-refractivity contribution in [3.8, 4) is 11.5 Å². The molecule has 0 radical (unpaired) electrons. The summed E-state index contributed by atoms with van der Waals surface area (Å²) in [5.41, 5.74) is 1.94. The van der Waals surface area contributed by atoms with Crippen LogP contribution in [0.25, 0.3) is 0 Å². The molecule has 1 unspecified atom stereocenters. The Morgan fingerprint density at radius 3 is 2.70 bits per heavy atom. The van der Waals surface area contributed by atoms with Crippen LogP contribution in [0.1, 0.15) is 57.6 Å². The number of benzene rings is 1. The van der Waals surface area contributed by atoms with Crippen LogP contribution in [0.15, 0.2) is 23.4 Å². The number of Topliss-reactive ketones (excluding diaryl/α,β-unsaturated/α-hetero) is 1. The molecule has 1 aliphatic heterocycles. The molecule has 2 aliphatic rings. The number of nitro benzene ring substituents is 1. The molecule has 1 aromatic carbocycles. The van der Waals surface area contributed by atoms with E-state index in [0.717, 1.165) is 31.5 Å². The normalized spacial score (nSPS) is 18.8. The van der Waals surface area contributed by atoms with Crippen molar-refractivity contribution in [2.24, 2.45) is 0 Å². The molecule has 8 nitrogen and oxygen atoms in total. The average molecular weight is 434 g/mol. The van der Waals surface area contributed by atoms with E-state index in [-0.39, 0.29) is 23.0 Å². The molecule has 162 valence electrons. The second-order valence-electron chi connectivity index (χ2n) is 7.35. The molecule has 0 spiro atoms. The lowest BCUT2D eigenvalue weighted by molar-refractivity contribution is -0.386. The van der Waals surface area contributed by atoms with Crippen molar-refractivity contribution in [2.75, 3.05) is 20.3 Å². The second-order valence-corrected chi connectivity index (χ2v) is 7.73. The topological polar surface area (TPSA) is 93.9 Å². The summed E-state index contributed by atoms with van der Waals surface area (Å²) < 4.78 is 11.0. The molecule has 0 fully saturated rings. The number of nitrogens with one attached hydrogen (secondary N) is 1. The number of carbonyl (C=O) groups excluding carboxylic acids is 1. The molecule has 0 saturated heterocycles. The van der Waals surface area contributed by atoms with Crippen molar-refractivity contribution < 1.29 is 19.2 Å². The number of carbonyl (C=O) groups is 1. The number of hydrogen-bond acceptors (Lipinski definition) is 6. The van der Waals surface area contributed by atoms with Gasteiger partial charge in [-0.05, 0) is 49.5 Å². The SMILES string of the molecule is CCCOc1c(OC)cc(C2NC(=S)N(CCC)C3=C2C(=O)CCC3)cc1[N+](=O)[O-]. The number of allylic oxidation sites excluding steroid dienone is 1. The van der Waals surface area contributed by atoms with E-state index in [1.165, 1.54) is 13.2 Å². The molecule has 3 rings (SSSR count). The van der Waals surface area contributed by atoms with Gasteiger partial charge in [-0.2, -0.15) is 0 Å². The average Bonchev–Trinajstić information content (AvgIpc) is 2.73. The van der Waals surface area contributed by atoms with Gasteiger partial charge in [-0.3, -0.25) is 14.9 Å². The Morgan fingerprint density at radius 1 is 1.30 bits per heavy atom. The molecule has 1 aliphatic carbocycles. The van der Waals surface area contributed by atoms with E-state index < -0.39 is 11.0 Å². The first-order valence-corrected chi connectivity index (χ1v) is 10.7. The van der Waals surface area contributed by atoms with Crippen LogP contribution in [0.4, 0.5) is 5.69 Å². The van der Waals surface area contributed by atoms with Crippen LogP contribution in [0, 0.1) is 10.1 Å². The van der Waals surface area contributed by atoms with E-state index in [4.69, 9.17) is 21.7 Å². The number of thiocarbonyl (C=S) groups is 1.